The van der Waals surface area contributed by atoms with Gasteiger partial charge >= 0.3 is 0 Å². The number of carbonyl (C=O) groups is 1. The van der Waals surface area contributed by atoms with Crippen molar-refractivity contribution >= 4 is 28.4 Å². The summed E-state index contributed by atoms with van der Waals surface area (Å²) in [6.45, 7) is 4.55. The van der Waals surface area contributed by atoms with Gasteiger partial charge in [-0.1, -0.05) is 25.4 Å². The standard InChI is InChI=1S/C17H19ClO2/c1-17(2)7-5-11(6-8-17)16(19)15-10-12-9-13(18)3-4-14(12)20-15/h3-4,9-11H,5-8H2,1-2H3. The van der Waals surface area contributed by atoms with E-state index in [1.807, 2.05) is 18.2 Å². The molecule has 2 aromatic rings. The van der Waals surface area contributed by atoms with Gasteiger partial charge in [0.15, 0.2) is 5.76 Å². The first-order valence-corrected chi connectivity index (χ1v) is 7.56. The molecule has 1 aliphatic rings. The number of hydrogen-bond acceptors (Lipinski definition) is 2. The second kappa shape index (κ2) is 4.92. The molecule has 0 unspecified atom stereocenters. The van der Waals surface area contributed by atoms with Crippen molar-refractivity contribution in [2.45, 2.75) is 39.5 Å². The summed E-state index contributed by atoms with van der Waals surface area (Å²) in [7, 11) is 0. The number of Topliss-reactive ketones (excluding diaryl/α,β-unsaturated/α-hetero) is 1. The zero-order valence-electron chi connectivity index (χ0n) is 11.9. The highest BCUT2D eigenvalue weighted by Gasteiger charge is 2.32. The summed E-state index contributed by atoms with van der Waals surface area (Å²) in [6.07, 6.45) is 4.14. The van der Waals surface area contributed by atoms with E-state index in [9.17, 15) is 4.79 Å². The maximum absolute atomic E-state index is 12.5. The number of halogens is 1. The fraction of sp³-hybridized carbons (Fsp3) is 0.471. The molecule has 0 amide bonds. The maximum Gasteiger partial charge on any atom is 0.201 e. The number of benzene rings is 1. The fourth-order valence-corrected chi connectivity index (χ4v) is 3.18. The summed E-state index contributed by atoms with van der Waals surface area (Å²) in [5, 5.41) is 1.56. The first kappa shape index (κ1) is 13.7. The Labute approximate surface area is 124 Å². The van der Waals surface area contributed by atoms with Gasteiger partial charge in [-0.25, -0.2) is 0 Å². The molecule has 3 heteroatoms. The van der Waals surface area contributed by atoms with Gasteiger partial charge in [0, 0.05) is 16.3 Å². The highest BCUT2D eigenvalue weighted by molar-refractivity contribution is 6.31. The Morgan fingerprint density at radius 3 is 2.65 bits per heavy atom. The van der Waals surface area contributed by atoms with Crippen molar-refractivity contribution in [2.75, 3.05) is 0 Å². The molecule has 1 aromatic carbocycles. The van der Waals surface area contributed by atoms with E-state index < -0.39 is 0 Å². The molecular formula is C17H19ClO2. The molecular weight excluding hydrogens is 272 g/mol. The zero-order chi connectivity index (χ0) is 14.3. The average Bonchev–Trinajstić information content (AvgIpc) is 2.80. The van der Waals surface area contributed by atoms with Gasteiger partial charge in [0.1, 0.15) is 5.58 Å². The quantitative estimate of drug-likeness (QED) is 0.685. The van der Waals surface area contributed by atoms with Crippen LogP contribution in [0.15, 0.2) is 28.7 Å². The molecule has 0 N–H and O–H groups in total. The lowest BCUT2D eigenvalue weighted by molar-refractivity contribution is 0.0811. The highest BCUT2D eigenvalue weighted by atomic mass is 35.5. The van der Waals surface area contributed by atoms with Crippen LogP contribution in [0.4, 0.5) is 0 Å². The van der Waals surface area contributed by atoms with Crippen LogP contribution in [0.3, 0.4) is 0 Å². The van der Waals surface area contributed by atoms with E-state index in [-0.39, 0.29) is 11.7 Å². The SMILES string of the molecule is CC1(C)CCC(C(=O)c2cc3cc(Cl)ccc3o2)CC1. The summed E-state index contributed by atoms with van der Waals surface area (Å²) >= 11 is 5.96. The second-order valence-corrected chi connectivity index (χ2v) is 7.03. The molecule has 0 saturated heterocycles. The monoisotopic (exact) mass is 290 g/mol. The van der Waals surface area contributed by atoms with Crippen LogP contribution in [-0.2, 0) is 0 Å². The predicted molar refractivity (Wildman–Crippen MR) is 81.3 cm³/mol. The van der Waals surface area contributed by atoms with Crippen molar-refractivity contribution < 1.29 is 9.21 Å². The van der Waals surface area contributed by atoms with Crippen LogP contribution in [0.2, 0.25) is 5.02 Å². The smallest absolute Gasteiger partial charge is 0.201 e. The molecule has 106 valence electrons. The molecule has 2 nitrogen and oxygen atoms in total. The topological polar surface area (TPSA) is 30.2 Å². The number of rotatable bonds is 2. The Morgan fingerprint density at radius 1 is 1.25 bits per heavy atom. The minimum absolute atomic E-state index is 0.110. The molecule has 3 rings (SSSR count). The largest absolute Gasteiger partial charge is 0.453 e. The number of furan rings is 1. The molecule has 1 aliphatic carbocycles. The van der Waals surface area contributed by atoms with Gasteiger partial charge < -0.3 is 4.42 Å². The van der Waals surface area contributed by atoms with Crippen molar-refractivity contribution in [3.63, 3.8) is 0 Å². The van der Waals surface area contributed by atoms with Crippen LogP contribution >= 0.6 is 11.6 Å². The lowest BCUT2D eigenvalue weighted by Gasteiger charge is -2.33. The second-order valence-electron chi connectivity index (χ2n) is 6.60. The summed E-state index contributed by atoms with van der Waals surface area (Å²) in [6, 6.07) is 7.26. The molecule has 0 bridgehead atoms. The summed E-state index contributed by atoms with van der Waals surface area (Å²) < 4.78 is 5.68. The first-order chi connectivity index (χ1) is 9.44. The summed E-state index contributed by atoms with van der Waals surface area (Å²) in [4.78, 5) is 12.5. The Balaban J connectivity index is 1.82. The van der Waals surface area contributed by atoms with E-state index in [1.54, 1.807) is 6.07 Å². The Kier molecular flexibility index (Phi) is 3.37. The van der Waals surface area contributed by atoms with Crippen LogP contribution < -0.4 is 0 Å². The van der Waals surface area contributed by atoms with E-state index in [2.05, 4.69) is 13.8 Å². The highest BCUT2D eigenvalue weighted by Crippen LogP contribution is 2.39. The normalized spacial score (nSPS) is 19.4. The number of carbonyl (C=O) groups excluding carboxylic acids is 1. The summed E-state index contributed by atoms with van der Waals surface area (Å²) in [5.41, 5.74) is 1.10. The van der Waals surface area contributed by atoms with E-state index in [4.69, 9.17) is 16.0 Å². The van der Waals surface area contributed by atoms with Gasteiger partial charge in [0.05, 0.1) is 0 Å². The molecule has 0 atom stereocenters. The molecule has 20 heavy (non-hydrogen) atoms. The van der Waals surface area contributed by atoms with Crippen LogP contribution in [0, 0.1) is 11.3 Å². The minimum Gasteiger partial charge on any atom is -0.453 e. The number of ketones is 1. The van der Waals surface area contributed by atoms with E-state index >= 15 is 0 Å². The third-order valence-electron chi connectivity index (χ3n) is 4.43. The van der Waals surface area contributed by atoms with Crippen molar-refractivity contribution in [3.8, 4) is 0 Å². The maximum atomic E-state index is 12.5. The Morgan fingerprint density at radius 2 is 1.95 bits per heavy atom. The molecule has 0 aliphatic heterocycles. The molecule has 1 aromatic heterocycles. The summed E-state index contributed by atoms with van der Waals surface area (Å²) in [5.74, 6) is 0.735. The van der Waals surface area contributed by atoms with Crippen molar-refractivity contribution in [3.05, 3.63) is 35.0 Å². The molecule has 1 heterocycles. The van der Waals surface area contributed by atoms with Crippen molar-refractivity contribution in [2.24, 2.45) is 11.3 Å². The lowest BCUT2D eigenvalue weighted by Crippen LogP contribution is -2.26. The Hall–Kier alpha value is -1.28. The molecule has 0 spiro atoms. The van der Waals surface area contributed by atoms with E-state index in [0.29, 0.717) is 16.2 Å². The fourth-order valence-electron chi connectivity index (χ4n) is 3.00. The number of hydrogen-bond donors (Lipinski definition) is 0. The molecule has 1 saturated carbocycles. The third kappa shape index (κ3) is 2.62. The average molecular weight is 291 g/mol. The zero-order valence-corrected chi connectivity index (χ0v) is 12.7. The number of fused-ring (bicyclic) bond motifs is 1. The van der Waals surface area contributed by atoms with E-state index in [0.717, 1.165) is 36.7 Å². The van der Waals surface area contributed by atoms with Gasteiger partial charge in [0.2, 0.25) is 5.78 Å². The molecule has 1 fully saturated rings. The van der Waals surface area contributed by atoms with Gasteiger partial charge in [-0.15, -0.1) is 0 Å². The van der Waals surface area contributed by atoms with Crippen LogP contribution in [-0.4, -0.2) is 5.78 Å². The van der Waals surface area contributed by atoms with Gasteiger partial charge in [-0.3, -0.25) is 4.79 Å². The van der Waals surface area contributed by atoms with Gasteiger partial charge in [0.25, 0.3) is 0 Å². The predicted octanol–water partition coefficient (Wildman–Crippen LogP) is 5.49. The third-order valence-corrected chi connectivity index (χ3v) is 4.67. The Bertz CT molecular complexity index is 644. The molecule has 0 radical (unpaired) electrons. The van der Waals surface area contributed by atoms with Crippen LogP contribution in [0.1, 0.15) is 50.1 Å². The lowest BCUT2D eigenvalue weighted by atomic mass is 9.72. The van der Waals surface area contributed by atoms with Gasteiger partial charge in [-0.05, 0) is 55.4 Å². The van der Waals surface area contributed by atoms with Crippen molar-refractivity contribution in [1.29, 1.82) is 0 Å². The first-order valence-electron chi connectivity index (χ1n) is 7.18. The van der Waals surface area contributed by atoms with Crippen LogP contribution in [0.25, 0.3) is 11.0 Å². The minimum atomic E-state index is 0.110. The van der Waals surface area contributed by atoms with Crippen LogP contribution in [0.5, 0.6) is 0 Å². The van der Waals surface area contributed by atoms with Gasteiger partial charge in [-0.2, -0.15) is 0 Å². The van der Waals surface area contributed by atoms with E-state index in [1.165, 1.54) is 0 Å². The van der Waals surface area contributed by atoms with Crippen molar-refractivity contribution in [1.82, 2.24) is 0 Å².